The highest BCUT2D eigenvalue weighted by molar-refractivity contribution is 5.94. The number of rotatable bonds is 6. The molecule has 7 nitrogen and oxygen atoms in total. The van der Waals surface area contributed by atoms with Crippen LogP contribution in [0.3, 0.4) is 0 Å². The van der Waals surface area contributed by atoms with Crippen molar-refractivity contribution in [3.63, 3.8) is 0 Å². The van der Waals surface area contributed by atoms with Crippen LogP contribution in [0.1, 0.15) is 21.8 Å². The molecule has 0 fully saturated rings. The molecule has 2 aromatic carbocycles. The van der Waals surface area contributed by atoms with Gasteiger partial charge >= 0.3 is 0 Å². The van der Waals surface area contributed by atoms with Crippen LogP contribution in [0, 0.1) is 6.92 Å². The van der Waals surface area contributed by atoms with Crippen molar-refractivity contribution in [2.75, 3.05) is 14.2 Å². The zero-order chi connectivity index (χ0) is 18.5. The lowest BCUT2D eigenvalue weighted by Crippen LogP contribution is -2.22. The first-order valence-electron chi connectivity index (χ1n) is 8.00. The minimum atomic E-state index is -0.198. The molecule has 0 radical (unpaired) electrons. The SMILES string of the molecule is COc1ccc(-c2noc(CNC(=O)c3ccc(C)cc3)n2)cc1OC. The molecular formula is C19H19N3O4. The summed E-state index contributed by atoms with van der Waals surface area (Å²) in [5.41, 5.74) is 2.40. The normalized spacial score (nSPS) is 10.4. The lowest BCUT2D eigenvalue weighted by atomic mass is 10.1. The molecule has 7 heteroatoms. The third-order valence-electron chi connectivity index (χ3n) is 3.82. The van der Waals surface area contributed by atoms with Crippen molar-refractivity contribution in [1.82, 2.24) is 15.5 Å². The predicted molar refractivity (Wildman–Crippen MR) is 95.2 cm³/mol. The van der Waals surface area contributed by atoms with E-state index >= 15 is 0 Å². The zero-order valence-corrected chi connectivity index (χ0v) is 14.8. The Morgan fingerprint density at radius 3 is 2.50 bits per heavy atom. The van der Waals surface area contributed by atoms with E-state index in [1.807, 2.05) is 19.1 Å². The summed E-state index contributed by atoms with van der Waals surface area (Å²) >= 11 is 0. The number of benzene rings is 2. The smallest absolute Gasteiger partial charge is 0.251 e. The average Bonchev–Trinajstić information content (AvgIpc) is 3.15. The van der Waals surface area contributed by atoms with Crippen molar-refractivity contribution < 1.29 is 18.8 Å². The van der Waals surface area contributed by atoms with Gasteiger partial charge in [0.2, 0.25) is 11.7 Å². The molecule has 1 amide bonds. The van der Waals surface area contributed by atoms with Crippen LogP contribution in [-0.2, 0) is 6.54 Å². The van der Waals surface area contributed by atoms with E-state index in [4.69, 9.17) is 14.0 Å². The molecule has 3 aromatic rings. The number of carbonyl (C=O) groups is 1. The standard InChI is InChI=1S/C19H19N3O4/c1-12-4-6-13(7-5-12)19(23)20-11-17-21-18(22-26-17)14-8-9-15(24-2)16(10-14)25-3/h4-10H,11H2,1-3H3,(H,20,23). The Hall–Kier alpha value is -3.35. The van der Waals surface area contributed by atoms with Crippen molar-refractivity contribution in [2.24, 2.45) is 0 Å². The van der Waals surface area contributed by atoms with Crippen molar-refractivity contribution in [1.29, 1.82) is 0 Å². The van der Waals surface area contributed by atoms with Gasteiger partial charge in [0.1, 0.15) is 0 Å². The molecule has 0 spiro atoms. The lowest BCUT2D eigenvalue weighted by molar-refractivity contribution is 0.0946. The Morgan fingerprint density at radius 2 is 1.81 bits per heavy atom. The number of ether oxygens (including phenoxy) is 2. The number of nitrogens with one attached hydrogen (secondary N) is 1. The number of amides is 1. The van der Waals surface area contributed by atoms with E-state index in [1.54, 1.807) is 44.6 Å². The van der Waals surface area contributed by atoms with Gasteiger partial charge in [-0.1, -0.05) is 22.9 Å². The van der Waals surface area contributed by atoms with Gasteiger partial charge < -0.3 is 19.3 Å². The third-order valence-corrected chi connectivity index (χ3v) is 3.82. The topological polar surface area (TPSA) is 86.5 Å². The van der Waals surface area contributed by atoms with E-state index in [0.29, 0.717) is 28.8 Å². The molecule has 26 heavy (non-hydrogen) atoms. The van der Waals surface area contributed by atoms with E-state index in [1.165, 1.54) is 0 Å². The van der Waals surface area contributed by atoms with Crippen molar-refractivity contribution in [3.05, 3.63) is 59.5 Å². The van der Waals surface area contributed by atoms with Gasteiger partial charge in [-0.2, -0.15) is 4.98 Å². The first-order chi connectivity index (χ1) is 12.6. The van der Waals surface area contributed by atoms with Crippen LogP contribution in [0.2, 0.25) is 0 Å². The van der Waals surface area contributed by atoms with Gasteiger partial charge in [0, 0.05) is 11.1 Å². The molecule has 134 valence electrons. The second kappa shape index (κ2) is 7.69. The molecule has 0 aliphatic carbocycles. The molecule has 1 heterocycles. The first kappa shape index (κ1) is 17.5. The summed E-state index contributed by atoms with van der Waals surface area (Å²) in [6, 6.07) is 12.7. The number of hydrogen-bond acceptors (Lipinski definition) is 6. The maximum Gasteiger partial charge on any atom is 0.251 e. The predicted octanol–water partition coefficient (Wildman–Crippen LogP) is 2.99. The summed E-state index contributed by atoms with van der Waals surface area (Å²) in [7, 11) is 3.13. The summed E-state index contributed by atoms with van der Waals surface area (Å²) in [6.07, 6.45) is 0. The van der Waals surface area contributed by atoms with E-state index in [0.717, 1.165) is 11.1 Å². The van der Waals surface area contributed by atoms with E-state index in [-0.39, 0.29) is 12.5 Å². The number of hydrogen-bond donors (Lipinski definition) is 1. The van der Waals surface area contributed by atoms with Crippen LogP contribution in [0.25, 0.3) is 11.4 Å². The fourth-order valence-electron chi connectivity index (χ4n) is 2.38. The van der Waals surface area contributed by atoms with Crippen LogP contribution in [-0.4, -0.2) is 30.3 Å². The molecule has 1 N–H and O–H groups in total. The van der Waals surface area contributed by atoms with Gasteiger partial charge in [0.05, 0.1) is 20.8 Å². The Balaban J connectivity index is 1.68. The summed E-state index contributed by atoms with van der Waals surface area (Å²) in [6.45, 7) is 2.11. The number of carbonyl (C=O) groups excluding carboxylic acids is 1. The Labute approximate surface area is 150 Å². The van der Waals surface area contributed by atoms with E-state index < -0.39 is 0 Å². The molecule has 1 aromatic heterocycles. The van der Waals surface area contributed by atoms with Gasteiger partial charge in [0.15, 0.2) is 11.5 Å². The van der Waals surface area contributed by atoms with Gasteiger partial charge in [-0.15, -0.1) is 0 Å². The summed E-state index contributed by atoms with van der Waals surface area (Å²) in [5, 5.41) is 6.71. The molecule has 0 bridgehead atoms. The quantitative estimate of drug-likeness (QED) is 0.733. The molecule has 0 atom stereocenters. The largest absolute Gasteiger partial charge is 0.493 e. The summed E-state index contributed by atoms with van der Waals surface area (Å²) < 4.78 is 15.7. The fourth-order valence-corrected chi connectivity index (χ4v) is 2.38. The molecule has 0 aliphatic heterocycles. The minimum Gasteiger partial charge on any atom is -0.493 e. The van der Waals surface area contributed by atoms with Crippen LogP contribution in [0.5, 0.6) is 11.5 Å². The van der Waals surface area contributed by atoms with Crippen LogP contribution in [0.15, 0.2) is 47.0 Å². The Bertz CT molecular complexity index is 903. The second-order valence-electron chi connectivity index (χ2n) is 5.63. The highest BCUT2D eigenvalue weighted by Gasteiger charge is 2.13. The van der Waals surface area contributed by atoms with Gasteiger partial charge in [-0.25, -0.2) is 0 Å². The third kappa shape index (κ3) is 3.83. The lowest BCUT2D eigenvalue weighted by Gasteiger charge is -2.07. The first-order valence-corrected chi connectivity index (χ1v) is 8.00. The molecule has 0 saturated heterocycles. The van der Waals surface area contributed by atoms with E-state index in [2.05, 4.69) is 15.5 Å². The second-order valence-corrected chi connectivity index (χ2v) is 5.63. The summed E-state index contributed by atoms with van der Waals surface area (Å²) in [5.74, 6) is 1.71. The Kier molecular flexibility index (Phi) is 5.17. The highest BCUT2D eigenvalue weighted by atomic mass is 16.5. The van der Waals surface area contributed by atoms with Gasteiger partial charge in [0.25, 0.3) is 5.91 Å². The number of nitrogens with zero attached hydrogens (tertiary/aromatic N) is 2. The highest BCUT2D eigenvalue weighted by Crippen LogP contribution is 2.31. The van der Waals surface area contributed by atoms with Gasteiger partial charge in [-0.05, 0) is 37.3 Å². The zero-order valence-electron chi connectivity index (χ0n) is 14.8. The van der Waals surface area contributed by atoms with Gasteiger partial charge in [-0.3, -0.25) is 4.79 Å². The van der Waals surface area contributed by atoms with Crippen LogP contribution >= 0.6 is 0 Å². The van der Waals surface area contributed by atoms with Crippen LogP contribution in [0.4, 0.5) is 0 Å². The number of aryl methyl sites for hydroxylation is 1. The molecule has 3 rings (SSSR count). The maximum absolute atomic E-state index is 12.1. The fraction of sp³-hybridized carbons (Fsp3) is 0.211. The van der Waals surface area contributed by atoms with Crippen LogP contribution < -0.4 is 14.8 Å². The maximum atomic E-state index is 12.1. The van der Waals surface area contributed by atoms with Crippen molar-refractivity contribution >= 4 is 5.91 Å². The monoisotopic (exact) mass is 353 g/mol. The van der Waals surface area contributed by atoms with Crippen molar-refractivity contribution in [3.8, 4) is 22.9 Å². The van der Waals surface area contributed by atoms with Crippen molar-refractivity contribution in [2.45, 2.75) is 13.5 Å². The number of aromatic nitrogens is 2. The molecule has 0 aliphatic rings. The summed E-state index contributed by atoms with van der Waals surface area (Å²) in [4.78, 5) is 16.4. The van der Waals surface area contributed by atoms with E-state index in [9.17, 15) is 4.79 Å². The minimum absolute atomic E-state index is 0.146. The average molecular weight is 353 g/mol. The Morgan fingerprint density at radius 1 is 1.08 bits per heavy atom. The molecule has 0 saturated carbocycles. The molecular weight excluding hydrogens is 334 g/mol. The number of methoxy groups -OCH3 is 2. The molecule has 0 unspecified atom stereocenters.